The standard InChI is InChI=1S/C9H17NO.C4H7NO2.C2H6/c1-2-3-4-5-10-6-8-11-9-7-10;1-2-3-4-5(6)7;1-2/h2-3H,4-9H2,1H3;2-3H,4H2,1H3;1-2H3/b3-2+;3-2-;. The van der Waals surface area contributed by atoms with Crippen LogP contribution in [0.15, 0.2) is 24.3 Å². The molecule has 1 rings (SSSR count). The fraction of sp³-hybridized carbons (Fsp3) is 0.733. The Hall–Kier alpha value is -1.20. The third-order valence-corrected chi connectivity index (χ3v) is 2.44. The second-order valence-corrected chi connectivity index (χ2v) is 3.90. The lowest BCUT2D eigenvalue weighted by atomic mass is 10.3. The Morgan fingerprint density at radius 2 is 1.70 bits per heavy atom. The van der Waals surface area contributed by atoms with E-state index in [1.54, 1.807) is 13.0 Å². The zero-order valence-corrected chi connectivity index (χ0v) is 13.4. The normalized spacial score (nSPS) is 15.4. The van der Waals surface area contributed by atoms with E-state index in [2.05, 4.69) is 24.0 Å². The molecule has 1 saturated heterocycles. The number of hydrogen-bond acceptors (Lipinski definition) is 4. The molecule has 1 aliphatic heterocycles. The minimum Gasteiger partial charge on any atom is -0.379 e. The lowest BCUT2D eigenvalue weighted by Crippen LogP contribution is -2.36. The third-order valence-electron chi connectivity index (χ3n) is 2.44. The zero-order chi connectivity index (χ0) is 15.6. The molecular formula is C15H30N2O3. The molecular weight excluding hydrogens is 256 g/mol. The molecule has 0 saturated carbocycles. The largest absolute Gasteiger partial charge is 0.379 e. The van der Waals surface area contributed by atoms with Crippen LogP contribution in [0.2, 0.25) is 0 Å². The van der Waals surface area contributed by atoms with E-state index in [1.165, 1.54) is 19.0 Å². The summed E-state index contributed by atoms with van der Waals surface area (Å²) in [6, 6.07) is 0. The molecule has 1 heterocycles. The molecule has 5 nitrogen and oxygen atoms in total. The van der Waals surface area contributed by atoms with Crippen molar-refractivity contribution < 1.29 is 9.66 Å². The van der Waals surface area contributed by atoms with Crippen LogP contribution >= 0.6 is 0 Å². The molecule has 0 atom stereocenters. The van der Waals surface area contributed by atoms with Crippen molar-refractivity contribution in [3.8, 4) is 0 Å². The maximum atomic E-state index is 9.51. The molecule has 118 valence electrons. The molecule has 1 fully saturated rings. The first-order valence-electron chi connectivity index (χ1n) is 7.35. The van der Waals surface area contributed by atoms with Crippen LogP contribution in [0.25, 0.3) is 0 Å². The highest BCUT2D eigenvalue weighted by atomic mass is 16.6. The van der Waals surface area contributed by atoms with Crippen LogP contribution < -0.4 is 0 Å². The van der Waals surface area contributed by atoms with E-state index in [-0.39, 0.29) is 11.5 Å². The van der Waals surface area contributed by atoms with Gasteiger partial charge < -0.3 is 4.74 Å². The maximum Gasteiger partial charge on any atom is 0.222 e. The van der Waals surface area contributed by atoms with Gasteiger partial charge in [-0.1, -0.05) is 32.1 Å². The van der Waals surface area contributed by atoms with Gasteiger partial charge in [0, 0.05) is 24.6 Å². The Balaban J connectivity index is 0. The Morgan fingerprint density at radius 1 is 1.15 bits per heavy atom. The smallest absolute Gasteiger partial charge is 0.222 e. The molecule has 5 heteroatoms. The van der Waals surface area contributed by atoms with E-state index in [9.17, 15) is 10.1 Å². The summed E-state index contributed by atoms with van der Waals surface area (Å²) in [4.78, 5) is 11.6. The minimum absolute atomic E-state index is 0.0590. The van der Waals surface area contributed by atoms with Gasteiger partial charge in [-0.2, -0.15) is 0 Å². The van der Waals surface area contributed by atoms with Gasteiger partial charge in [0.05, 0.1) is 13.2 Å². The summed E-state index contributed by atoms with van der Waals surface area (Å²) in [5.74, 6) is 0. The number of nitrogens with zero attached hydrogens (tertiary/aromatic N) is 2. The monoisotopic (exact) mass is 286 g/mol. The van der Waals surface area contributed by atoms with Crippen LogP contribution in [0.3, 0.4) is 0 Å². The van der Waals surface area contributed by atoms with Gasteiger partial charge in [-0.25, -0.2) is 0 Å². The lowest BCUT2D eigenvalue weighted by molar-refractivity contribution is -0.468. The molecule has 0 radical (unpaired) electrons. The zero-order valence-electron chi connectivity index (χ0n) is 13.4. The first-order chi connectivity index (χ1) is 9.70. The van der Waals surface area contributed by atoms with Crippen molar-refractivity contribution in [2.75, 3.05) is 39.4 Å². The van der Waals surface area contributed by atoms with Crippen molar-refractivity contribution in [2.24, 2.45) is 0 Å². The number of allylic oxidation sites excluding steroid dienone is 2. The first-order valence-corrected chi connectivity index (χ1v) is 7.35. The topological polar surface area (TPSA) is 55.6 Å². The second-order valence-electron chi connectivity index (χ2n) is 3.90. The fourth-order valence-electron chi connectivity index (χ4n) is 1.44. The molecule has 1 aliphatic rings. The molecule has 0 aromatic heterocycles. The highest BCUT2D eigenvalue weighted by Gasteiger charge is 2.07. The summed E-state index contributed by atoms with van der Waals surface area (Å²) in [6.07, 6.45) is 8.66. The lowest BCUT2D eigenvalue weighted by Gasteiger charge is -2.25. The predicted octanol–water partition coefficient (Wildman–Crippen LogP) is 3.15. The summed E-state index contributed by atoms with van der Waals surface area (Å²) in [6.45, 7) is 13.0. The summed E-state index contributed by atoms with van der Waals surface area (Å²) in [5, 5.41) is 9.51. The molecule has 0 amide bonds. The van der Waals surface area contributed by atoms with E-state index >= 15 is 0 Å². The number of rotatable bonds is 5. The summed E-state index contributed by atoms with van der Waals surface area (Å²) >= 11 is 0. The Morgan fingerprint density at radius 3 is 2.10 bits per heavy atom. The van der Waals surface area contributed by atoms with E-state index in [4.69, 9.17) is 4.74 Å². The van der Waals surface area contributed by atoms with Crippen LogP contribution in [0.4, 0.5) is 0 Å². The number of nitro groups is 1. The summed E-state index contributed by atoms with van der Waals surface area (Å²) < 4.78 is 5.25. The van der Waals surface area contributed by atoms with Gasteiger partial charge in [0.2, 0.25) is 6.54 Å². The van der Waals surface area contributed by atoms with Gasteiger partial charge in [-0.05, 0) is 26.3 Å². The van der Waals surface area contributed by atoms with Crippen LogP contribution in [-0.2, 0) is 4.74 Å². The SMILES string of the molecule is C/C=C/CCN1CCOCC1.C/C=C\C[N+](=O)[O-].CC. The Bertz CT molecular complexity index is 260. The van der Waals surface area contributed by atoms with Crippen molar-refractivity contribution in [1.82, 2.24) is 4.90 Å². The molecule has 0 N–H and O–H groups in total. The van der Waals surface area contributed by atoms with Gasteiger partial charge in [-0.15, -0.1) is 0 Å². The first kappa shape index (κ1) is 21.1. The third kappa shape index (κ3) is 16.8. The summed E-state index contributed by atoms with van der Waals surface area (Å²) in [7, 11) is 0. The van der Waals surface area contributed by atoms with E-state index in [1.807, 2.05) is 13.8 Å². The average molecular weight is 286 g/mol. The number of morpholine rings is 1. The van der Waals surface area contributed by atoms with Crippen LogP contribution in [-0.4, -0.2) is 49.2 Å². The van der Waals surface area contributed by atoms with E-state index < -0.39 is 0 Å². The molecule has 0 spiro atoms. The van der Waals surface area contributed by atoms with Gasteiger partial charge >= 0.3 is 0 Å². The Labute approximate surface area is 123 Å². The van der Waals surface area contributed by atoms with Gasteiger partial charge in [-0.3, -0.25) is 15.0 Å². The maximum absolute atomic E-state index is 9.51. The number of ether oxygens (including phenoxy) is 1. The van der Waals surface area contributed by atoms with Gasteiger partial charge in [0.15, 0.2) is 0 Å². The van der Waals surface area contributed by atoms with Crippen LogP contribution in [0.1, 0.15) is 34.1 Å². The fourth-order valence-corrected chi connectivity index (χ4v) is 1.44. The molecule has 0 aliphatic carbocycles. The van der Waals surface area contributed by atoms with Crippen molar-refractivity contribution in [2.45, 2.75) is 34.1 Å². The van der Waals surface area contributed by atoms with Crippen LogP contribution in [0, 0.1) is 10.1 Å². The minimum atomic E-state index is -0.375. The quantitative estimate of drug-likeness (QED) is 0.442. The summed E-state index contributed by atoms with van der Waals surface area (Å²) in [5.41, 5.74) is 0. The highest BCUT2D eigenvalue weighted by molar-refractivity contribution is 4.78. The molecule has 0 aromatic carbocycles. The molecule has 0 unspecified atom stereocenters. The average Bonchev–Trinajstić information content (AvgIpc) is 2.49. The van der Waals surface area contributed by atoms with Crippen molar-refractivity contribution >= 4 is 0 Å². The van der Waals surface area contributed by atoms with E-state index in [0.29, 0.717) is 0 Å². The second kappa shape index (κ2) is 17.8. The number of hydrogen-bond donors (Lipinski definition) is 0. The van der Waals surface area contributed by atoms with Gasteiger partial charge in [0.1, 0.15) is 0 Å². The molecule has 0 aromatic rings. The molecule has 20 heavy (non-hydrogen) atoms. The molecule has 0 bridgehead atoms. The highest BCUT2D eigenvalue weighted by Crippen LogP contribution is 1.97. The van der Waals surface area contributed by atoms with Crippen LogP contribution in [0.5, 0.6) is 0 Å². The Kier molecular flexibility index (Phi) is 18.8. The van der Waals surface area contributed by atoms with Crippen molar-refractivity contribution in [3.05, 3.63) is 34.4 Å². The van der Waals surface area contributed by atoms with E-state index in [0.717, 1.165) is 26.3 Å². The predicted molar refractivity (Wildman–Crippen MR) is 84.7 cm³/mol. The van der Waals surface area contributed by atoms with Crippen molar-refractivity contribution in [3.63, 3.8) is 0 Å². The van der Waals surface area contributed by atoms with Crippen molar-refractivity contribution in [1.29, 1.82) is 0 Å². The van der Waals surface area contributed by atoms with Gasteiger partial charge in [0.25, 0.3) is 0 Å².